The smallest absolute Gasteiger partial charge is 0.0919 e. The summed E-state index contributed by atoms with van der Waals surface area (Å²) in [6, 6.07) is 0. The normalized spacial score (nSPS) is 16.1. The molecule has 0 aliphatic carbocycles. The van der Waals surface area contributed by atoms with Crippen LogP contribution < -0.4 is 37.2 Å². The molecule has 0 saturated carbocycles. The van der Waals surface area contributed by atoms with E-state index < -0.39 is 0 Å². The van der Waals surface area contributed by atoms with Crippen molar-refractivity contribution < 1.29 is 0 Å². The summed E-state index contributed by atoms with van der Waals surface area (Å²) in [6.07, 6.45) is 21.9. The van der Waals surface area contributed by atoms with E-state index in [0.29, 0.717) is 0 Å². The van der Waals surface area contributed by atoms with Crippen molar-refractivity contribution in [2.45, 2.75) is 258 Å². The molecule has 7 fully saturated rings. The van der Waals surface area contributed by atoms with E-state index in [2.05, 4.69) is 225 Å². The van der Waals surface area contributed by atoms with Gasteiger partial charge in [-0.2, -0.15) is 0 Å². The number of hydrogen-bond acceptors (Lipinski definition) is 9. The van der Waals surface area contributed by atoms with Crippen molar-refractivity contribution in [1.29, 1.82) is 0 Å². The first-order valence-electron chi connectivity index (χ1n) is 31.3. The van der Waals surface area contributed by atoms with Gasteiger partial charge in [-0.25, -0.2) is 4.98 Å². The van der Waals surface area contributed by atoms with Gasteiger partial charge in [0.1, 0.15) is 0 Å². The van der Waals surface area contributed by atoms with Gasteiger partial charge in [0.2, 0.25) is 0 Å². The van der Waals surface area contributed by atoms with E-state index in [-0.39, 0.29) is 14.9 Å². The van der Waals surface area contributed by atoms with Crippen molar-refractivity contribution >= 4 is 0 Å². The van der Waals surface area contributed by atoms with Gasteiger partial charge in [-0.05, 0) is 178 Å². The minimum absolute atomic E-state index is 0. The predicted molar refractivity (Wildman–Crippen MR) is 359 cm³/mol. The zero-order valence-corrected chi connectivity index (χ0v) is 56.0. The summed E-state index contributed by atoms with van der Waals surface area (Å²) in [5.41, 5.74) is 0. The zero-order valence-electron chi connectivity index (χ0n) is 56.0. The molecule has 0 amide bonds. The van der Waals surface area contributed by atoms with E-state index >= 15 is 0 Å². The first-order chi connectivity index (χ1) is 34.8. The van der Waals surface area contributed by atoms with Crippen molar-refractivity contribution in [3.8, 4) is 0 Å². The minimum Gasteiger partial charge on any atom is -0.351 e. The van der Waals surface area contributed by atoms with Gasteiger partial charge in [-0.3, -0.25) is 0 Å². The summed E-state index contributed by atoms with van der Waals surface area (Å²) < 4.78 is 0. The summed E-state index contributed by atoms with van der Waals surface area (Å²) >= 11 is 0. The van der Waals surface area contributed by atoms with E-state index in [4.69, 9.17) is 0 Å². The highest BCUT2D eigenvalue weighted by Gasteiger charge is 2.01. The maximum absolute atomic E-state index is 3.67. The number of likely N-dealkylation sites (N-methyl/N-ethyl adjacent to an activating group) is 1. The third-order valence-electron chi connectivity index (χ3n) is 7.28. The Morgan fingerprint density at radius 1 is 0.276 bits per heavy atom. The molecule has 1 aromatic heterocycles. The molecule has 0 spiro atoms. The van der Waals surface area contributed by atoms with Gasteiger partial charge >= 0.3 is 0 Å². The molecule has 8 rings (SSSR count). The zero-order chi connectivity index (χ0) is 58.5. The Labute approximate surface area is 486 Å². The molecule has 0 aromatic carbocycles. The lowest BCUT2D eigenvalue weighted by Gasteiger charge is -2.21. The van der Waals surface area contributed by atoms with E-state index in [1.54, 1.807) is 18.7 Å². The van der Waals surface area contributed by atoms with Gasteiger partial charge in [0.15, 0.2) is 0 Å². The van der Waals surface area contributed by atoms with Gasteiger partial charge in [0, 0.05) is 51.7 Å². The average molecular weight is 1090 g/mol. The van der Waals surface area contributed by atoms with Crippen LogP contribution in [-0.4, -0.2) is 127 Å². The fourth-order valence-electron chi connectivity index (χ4n) is 4.20. The number of piperidine rings is 3. The van der Waals surface area contributed by atoms with Gasteiger partial charge in [-0.15, -0.1) is 0 Å². The van der Waals surface area contributed by atoms with Gasteiger partial charge in [0.05, 0.1) is 6.33 Å². The topological polar surface area (TPSA) is 126 Å². The van der Waals surface area contributed by atoms with Crippen molar-refractivity contribution in [2.24, 2.45) is 47.3 Å². The molecule has 1 aromatic rings. The van der Waals surface area contributed by atoms with Crippen LogP contribution in [0.3, 0.4) is 0 Å². The van der Waals surface area contributed by atoms with E-state index in [1.165, 1.54) is 169 Å². The van der Waals surface area contributed by atoms with Crippen molar-refractivity contribution in [3.05, 3.63) is 18.7 Å². The first-order valence-corrected chi connectivity index (χ1v) is 31.3. The monoisotopic (exact) mass is 1090 g/mol. The van der Waals surface area contributed by atoms with Crippen LogP contribution in [0.25, 0.3) is 0 Å². The summed E-state index contributed by atoms with van der Waals surface area (Å²) in [7, 11) is 2.15. The van der Waals surface area contributed by atoms with Crippen LogP contribution in [0.5, 0.6) is 0 Å². The SMILES string of the molecule is C.C.C1CCNC1.C1CCNCC1.C1CCNCC1.C1CCNCC1.C1CN1.C1CNC1.CC(C)C.CC(C)C.CC(C)C.CC(C)C.CC(C)C.CC(C)C.CC(C)C.CC(C)C.CN1CCNCC1.c1c[nH]cn1. The standard InChI is InChI=1S/C5H12N2.3C5H11N.C4H9N.8C4H10.C3H4N2.C3H7N.C2H5N.2CH4/c1-7-4-2-6-3-5-7;3*1-2-4-6-5-3-1;1-2-4-5-3-1;8*1-4(2)3;1-2-5-3-4-1;1-2-4-3-1;1-2-3-1;;/h6H,2-5H2,1H3;3*6H,1-5H2;5H,1-4H2;8*4H,1-3H3;1-3H,(H,4,5);4H,1-3H2;3H,1-2H2;2*1H4. The molecule has 0 unspecified atom stereocenters. The van der Waals surface area contributed by atoms with Crippen LogP contribution in [0.15, 0.2) is 18.7 Å². The number of nitrogens with one attached hydrogen (secondary N) is 8. The Morgan fingerprint density at radius 3 is 0.500 bits per heavy atom. The molecular formula is C66H158N10. The Bertz CT molecular complexity index is 722. The quantitative estimate of drug-likeness (QED) is 0.120. The van der Waals surface area contributed by atoms with Crippen LogP contribution in [-0.2, 0) is 0 Å². The number of nitrogens with zero attached hydrogens (tertiary/aromatic N) is 2. The van der Waals surface area contributed by atoms with Gasteiger partial charge < -0.3 is 47.1 Å². The molecule has 8 N–H and O–H groups in total. The second-order valence-electron chi connectivity index (χ2n) is 25.4. The summed E-state index contributed by atoms with van der Waals surface area (Å²) in [5.74, 6) is 6.67. The van der Waals surface area contributed by atoms with Crippen molar-refractivity contribution in [2.75, 3.05) is 112 Å². The number of rotatable bonds is 0. The van der Waals surface area contributed by atoms with Crippen molar-refractivity contribution in [3.63, 3.8) is 0 Å². The molecule has 0 radical (unpaired) electrons. The molecule has 7 aliphatic rings. The fourth-order valence-corrected chi connectivity index (χ4v) is 4.20. The number of hydrogen-bond donors (Lipinski definition) is 8. The second-order valence-corrected chi connectivity index (χ2v) is 25.4. The Morgan fingerprint density at radius 2 is 0.434 bits per heavy atom. The molecule has 10 heteroatoms. The third-order valence-corrected chi connectivity index (χ3v) is 7.28. The maximum Gasteiger partial charge on any atom is 0.0919 e. The van der Waals surface area contributed by atoms with E-state index in [9.17, 15) is 0 Å². The summed E-state index contributed by atoms with van der Waals surface area (Å²) in [4.78, 5) is 8.75. The van der Waals surface area contributed by atoms with E-state index in [1.807, 2.05) is 0 Å². The molecular weight excluding hydrogens is 933 g/mol. The van der Waals surface area contributed by atoms with Crippen LogP contribution >= 0.6 is 0 Å². The average Bonchev–Trinajstić information content (AvgIpc) is 3.74. The Hall–Kier alpha value is -1.11. The first kappa shape index (κ1) is 97.1. The minimum atomic E-state index is 0. The highest BCUT2D eigenvalue weighted by atomic mass is 15.2. The molecule has 76 heavy (non-hydrogen) atoms. The number of aromatic amines is 1. The number of aromatic nitrogens is 2. The fraction of sp³-hybridized carbons (Fsp3) is 0.955. The number of H-pyrrole nitrogens is 1. The van der Waals surface area contributed by atoms with Crippen LogP contribution in [0, 0.1) is 47.3 Å². The second kappa shape index (κ2) is 90.4. The maximum atomic E-state index is 3.67. The van der Waals surface area contributed by atoms with Crippen LogP contribution in [0.2, 0.25) is 0 Å². The molecule has 7 aliphatic heterocycles. The molecule has 0 bridgehead atoms. The predicted octanol–water partition coefficient (Wildman–Crippen LogP) is 16.7. The molecule has 7 saturated heterocycles. The number of imidazole rings is 1. The molecule has 472 valence electrons. The largest absolute Gasteiger partial charge is 0.351 e. The highest BCUT2D eigenvalue weighted by molar-refractivity contribution is 4.65. The number of piperazine rings is 1. The van der Waals surface area contributed by atoms with Crippen LogP contribution in [0.4, 0.5) is 0 Å². The van der Waals surface area contributed by atoms with Crippen LogP contribution in [0.1, 0.15) is 258 Å². The lowest BCUT2D eigenvalue weighted by atomic mass is 10.2. The summed E-state index contributed by atoms with van der Waals surface area (Å²) in [5, 5.41) is 22.5. The summed E-state index contributed by atoms with van der Waals surface area (Å²) in [6.45, 7) is 71.7. The van der Waals surface area contributed by atoms with Gasteiger partial charge in [-0.1, -0.05) is 200 Å². The third kappa shape index (κ3) is 237. The molecule has 10 nitrogen and oxygen atoms in total. The lowest BCUT2D eigenvalue weighted by molar-refractivity contribution is 0.291. The van der Waals surface area contributed by atoms with Gasteiger partial charge in [0.25, 0.3) is 0 Å². The lowest BCUT2D eigenvalue weighted by Crippen LogP contribution is -2.40. The van der Waals surface area contributed by atoms with E-state index in [0.717, 1.165) is 60.4 Å². The molecule has 0 atom stereocenters. The Kier molecular flexibility index (Phi) is 116. The molecule has 8 heterocycles. The van der Waals surface area contributed by atoms with Crippen molar-refractivity contribution in [1.82, 2.24) is 52.1 Å². The highest BCUT2D eigenvalue weighted by Crippen LogP contribution is 1.98. The Balaban J connectivity index is -0.0000000767.